The number of halogens is 3. The van der Waals surface area contributed by atoms with Crippen LogP contribution in [-0.2, 0) is 9.53 Å². The zero-order valence-corrected chi connectivity index (χ0v) is 17.0. The van der Waals surface area contributed by atoms with Gasteiger partial charge in [-0.1, -0.05) is 41.9 Å². The summed E-state index contributed by atoms with van der Waals surface area (Å²) in [6.07, 6.45) is 2.77. The molecule has 0 radical (unpaired) electrons. The summed E-state index contributed by atoms with van der Waals surface area (Å²) >= 11 is 6.00. The highest BCUT2D eigenvalue weighted by molar-refractivity contribution is 6.30. The van der Waals surface area contributed by atoms with Crippen LogP contribution >= 0.6 is 11.6 Å². The predicted octanol–water partition coefficient (Wildman–Crippen LogP) is 4.14. The number of nitrogens with one attached hydrogen (secondary N) is 1. The number of benzene rings is 2. The number of hydrogen-bond donors (Lipinski definition) is 1. The molecule has 1 N–H and O–H groups in total. The monoisotopic (exact) mass is 436 g/mol. The summed E-state index contributed by atoms with van der Waals surface area (Å²) in [4.78, 5) is 14.6. The third-order valence-corrected chi connectivity index (χ3v) is 5.01. The summed E-state index contributed by atoms with van der Waals surface area (Å²) in [6.45, 7) is 0.258. The van der Waals surface area contributed by atoms with Gasteiger partial charge < -0.3 is 14.8 Å². The standard InChI is InChI=1S/C22H23ClF2N2O3/c23-18-8-5-16(6-9-18)19(27-11-13-29-14-12-27)15-26-21(28)10-7-17-3-1-2-4-20(17)30-22(24)25/h1-10,19,22H,11-15H2,(H,26,28)/b10-7+. The van der Waals surface area contributed by atoms with Crippen molar-refractivity contribution in [2.45, 2.75) is 12.7 Å². The first-order valence-corrected chi connectivity index (χ1v) is 9.98. The summed E-state index contributed by atoms with van der Waals surface area (Å²) < 4.78 is 35.0. The zero-order chi connectivity index (χ0) is 21.3. The fraction of sp³-hybridized carbons (Fsp3) is 0.318. The molecule has 1 unspecified atom stereocenters. The molecule has 30 heavy (non-hydrogen) atoms. The summed E-state index contributed by atoms with van der Waals surface area (Å²) in [5.74, 6) is -0.307. The van der Waals surface area contributed by atoms with Crippen molar-refractivity contribution < 1.29 is 23.0 Å². The first-order chi connectivity index (χ1) is 14.5. The number of amides is 1. The van der Waals surface area contributed by atoms with Crippen molar-refractivity contribution >= 4 is 23.6 Å². The van der Waals surface area contributed by atoms with Crippen molar-refractivity contribution in [3.05, 3.63) is 70.8 Å². The minimum Gasteiger partial charge on any atom is -0.434 e. The molecule has 0 saturated carbocycles. The van der Waals surface area contributed by atoms with Crippen LogP contribution in [0, 0.1) is 0 Å². The zero-order valence-electron chi connectivity index (χ0n) is 16.3. The Hall–Kier alpha value is -2.48. The van der Waals surface area contributed by atoms with E-state index in [9.17, 15) is 13.6 Å². The van der Waals surface area contributed by atoms with Crippen molar-refractivity contribution in [1.29, 1.82) is 0 Å². The number of morpholine rings is 1. The molecule has 8 heteroatoms. The lowest BCUT2D eigenvalue weighted by Gasteiger charge is -2.34. The highest BCUT2D eigenvalue weighted by Crippen LogP contribution is 2.24. The third-order valence-electron chi connectivity index (χ3n) is 4.76. The van der Waals surface area contributed by atoms with E-state index in [1.165, 1.54) is 18.2 Å². The Morgan fingerprint density at radius 2 is 1.87 bits per heavy atom. The largest absolute Gasteiger partial charge is 0.434 e. The van der Waals surface area contributed by atoms with Gasteiger partial charge in [0, 0.05) is 36.3 Å². The van der Waals surface area contributed by atoms with E-state index in [2.05, 4.69) is 15.0 Å². The van der Waals surface area contributed by atoms with Gasteiger partial charge >= 0.3 is 6.61 Å². The van der Waals surface area contributed by atoms with E-state index in [0.717, 1.165) is 18.7 Å². The number of hydrogen-bond acceptors (Lipinski definition) is 4. The van der Waals surface area contributed by atoms with Gasteiger partial charge in [0.1, 0.15) is 5.75 Å². The number of nitrogens with zero attached hydrogens (tertiary/aromatic N) is 1. The molecule has 2 aromatic carbocycles. The fourth-order valence-electron chi connectivity index (χ4n) is 3.28. The van der Waals surface area contributed by atoms with Crippen LogP contribution in [0.5, 0.6) is 5.75 Å². The maximum Gasteiger partial charge on any atom is 0.387 e. The Balaban J connectivity index is 1.65. The molecule has 1 saturated heterocycles. The van der Waals surface area contributed by atoms with Crippen molar-refractivity contribution in [1.82, 2.24) is 10.2 Å². The smallest absolute Gasteiger partial charge is 0.387 e. The molecule has 2 aromatic rings. The first-order valence-electron chi connectivity index (χ1n) is 9.60. The van der Waals surface area contributed by atoms with Crippen molar-refractivity contribution in [2.75, 3.05) is 32.8 Å². The molecule has 1 fully saturated rings. The van der Waals surface area contributed by atoms with Gasteiger partial charge in [-0.2, -0.15) is 8.78 Å². The van der Waals surface area contributed by atoms with E-state index in [0.29, 0.717) is 30.3 Å². The topological polar surface area (TPSA) is 50.8 Å². The van der Waals surface area contributed by atoms with Gasteiger partial charge in [0.2, 0.25) is 5.91 Å². The summed E-state index contributed by atoms with van der Waals surface area (Å²) in [5.41, 5.74) is 1.44. The van der Waals surface area contributed by atoms with E-state index in [1.54, 1.807) is 18.2 Å². The quantitative estimate of drug-likeness (QED) is 0.632. The van der Waals surface area contributed by atoms with Crippen LogP contribution in [0.1, 0.15) is 17.2 Å². The number of para-hydroxylation sites is 1. The summed E-state index contributed by atoms with van der Waals surface area (Å²) in [7, 11) is 0. The second-order valence-corrected chi connectivity index (χ2v) is 7.15. The van der Waals surface area contributed by atoms with Gasteiger partial charge in [0.05, 0.1) is 19.3 Å². The number of carbonyl (C=O) groups excluding carboxylic acids is 1. The molecule has 160 valence electrons. The maximum atomic E-state index is 12.5. The summed E-state index contributed by atoms with van der Waals surface area (Å²) in [5, 5.41) is 3.54. The number of alkyl halides is 2. The molecular weight excluding hydrogens is 414 g/mol. The van der Waals surface area contributed by atoms with Gasteiger partial charge in [-0.25, -0.2) is 0 Å². The van der Waals surface area contributed by atoms with Gasteiger partial charge in [0.15, 0.2) is 0 Å². The molecule has 0 aromatic heterocycles. The van der Waals surface area contributed by atoms with E-state index in [4.69, 9.17) is 16.3 Å². The first kappa shape index (κ1) is 22.2. The molecule has 1 aliphatic heterocycles. The third kappa shape index (κ3) is 6.52. The van der Waals surface area contributed by atoms with Crippen LogP contribution in [0.2, 0.25) is 5.02 Å². The van der Waals surface area contributed by atoms with Gasteiger partial charge in [-0.3, -0.25) is 9.69 Å². The number of ether oxygens (including phenoxy) is 2. The van der Waals surface area contributed by atoms with Crippen molar-refractivity contribution in [3.63, 3.8) is 0 Å². The predicted molar refractivity (Wildman–Crippen MR) is 112 cm³/mol. The molecule has 1 atom stereocenters. The Labute approximate surface area is 179 Å². The number of rotatable bonds is 8. The van der Waals surface area contributed by atoms with Gasteiger partial charge in [0.25, 0.3) is 0 Å². The minimum atomic E-state index is -2.93. The highest BCUT2D eigenvalue weighted by atomic mass is 35.5. The van der Waals surface area contributed by atoms with Crippen LogP contribution in [0.4, 0.5) is 8.78 Å². The Bertz CT molecular complexity index is 856. The Kier molecular flexibility index (Phi) is 8.19. The second kappa shape index (κ2) is 11.1. The fourth-order valence-corrected chi connectivity index (χ4v) is 3.40. The molecule has 3 rings (SSSR count). The number of carbonyl (C=O) groups is 1. The second-order valence-electron chi connectivity index (χ2n) is 6.71. The van der Waals surface area contributed by atoms with E-state index in [1.807, 2.05) is 24.3 Å². The molecule has 0 bridgehead atoms. The normalized spacial score (nSPS) is 16.0. The molecule has 5 nitrogen and oxygen atoms in total. The van der Waals surface area contributed by atoms with Crippen LogP contribution in [0.15, 0.2) is 54.6 Å². The highest BCUT2D eigenvalue weighted by Gasteiger charge is 2.23. The lowest BCUT2D eigenvalue weighted by Crippen LogP contribution is -2.43. The molecule has 0 aliphatic carbocycles. The molecule has 0 spiro atoms. The van der Waals surface area contributed by atoms with Crippen LogP contribution in [0.3, 0.4) is 0 Å². The maximum absolute atomic E-state index is 12.5. The van der Waals surface area contributed by atoms with Crippen LogP contribution in [0.25, 0.3) is 6.08 Å². The Morgan fingerprint density at radius 1 is 1.17 bits per heavy atom. The average Bonchev–Trinajstić information content (AvgIpc) is 2.75. The van der Waals surface area contributed by atoms with Crippen molar-refractivity contribution in [2.24, 2.45) is 0 Å². The molecular formula is C22H23ClF2N2O3. The summed E-state index contributed by atoms with van der Waals surface area (Å²) in [6, 6.07) is 13.8. The minimum absolute atomic E-state index is 0.0175. The molecule has 1 aliphatic rings. The van der Waals surface area contributed by atoms with Crippen molar-refractivity contribution in [3.8, 4) is 5.75 Å². The van der Waals surface area contributed by atoms with E-state index < -0.39 is 6.61 Å². The lowest BCUT2D eigenvalue weighted by molar-refractivity contribution is -0.116. The average molecular weight is 437 g/mol. The van der Waals surface area contributed by atoms with E-state index >= 15 is 0 Å². The molecule has 1 heterocycles. The van der Waals surface area contributed by atoms with Crippen LogP contribution < -0.4 is 10.1 Å². The van der Waals surface area contributed by atoms with Gasteiger partial charge in [-0.05, 0) is 29.8 Å². The molecule has 1 amide bonds. The van der Waals surface area contributed by atoms with Crippen LogP contribution in [-0.4, -0.2) is 50.3 Å². The van der Waals surface area contributed by atoms with E-state index in [-0.39, 0.29) is 17.7 Å². The Morgan fingerprint density at radius 3 is 2.57 bits per heavy atom. The SMILES string of the molecule is O=C(/C=C/c1ccccc1OC(F)F)NCC(c1ccc(Cl)cc1)N1CCOCC1. The lowest BCUT2D eigenvalue weighted by atomic mass is 10.0. The van der Waals surface area contributed by atoms with Gasteiger partial charge in [-0.15, -0.1) is 0 Å².